The van der Waals surface area contributed by atoms with Crippen molar-refractivity contribution < 1.29 is 22.6 Å². The molecule has 0 aliphatic heterocycles. The molecule has 0 fully saturated rings. The molecule has 0 saturated heterocycles. The van der Waals surface area contributed by atoms with Crippen molar-refractivity contribution in [1.29, 1.82) is 0 Å². The topological polar surface area (TPSA) is 87.0 Å². The first kappa shape index (κ1) is 24.0. The van der Waals surface area contributed by atoms with Crippen molar-refractivity contribution in [3.8, 4) is 23.0 Å². The Balaban J connectivity index is 1.56. The summed E-state index contributed by atoms with van der Waals surface area (Å²) < 4.78 is 55.2. The quantitative estimate of drug-likeness (QED) is 0.278. The number of aromatic nitrogens is 5. The molecule has 0 radical (unpaired) electrons. The number of hydrogen-bond donors (Lipinski definition) is 1. The van der Waals surface area contributed by atoms with Gasteiger partial charge in [-0.15, -0.1) is 0 Å². The van der Waals surface area contributed by atoms with Crippen LogP contribution in [0, 0.1) is 17.6 Å². The third-order valence-corrected chi connectivity index (χ3v) is 5.57. The lowest BCUT2D eigenvalue weighted by Crippen LogP contribution is -2.07. The number of ether oxygens (including phenoxy) is 2. The summed E-state index contributed by atoms with van der Waals surface area (Å²) in [7, 11) is 1.46. The lowest BCUT2D eigenvalue weighted by Gasteiger charge is -2.11. The van der Waals surface area contributed by atoms with Gasteiger partial charge in [0.2, 0.25) is 5.95 Å². The van der Waals surface area contributed by atoms with Crippen LogP contribution >= 0.6 is 0 Å². The van der Waals surface area contributed by atoms with Crippen LogP contribution in [0.5, 0.6) is 11.5 Å². The monoisotopic (exact) mass is 506 g/mol. The van der Waals surface area contributed by atoms with Gasteiger partial charge in [-0.25, -0.2) is 23.7 Å². The van der Waals surface area contributed by atoms with Gasteiger partial charge in [-0.2, -0.15) is 9.49 Å². The second-order valence-corrected chi connectivity index (χ2v) is 7.92. The Morgan fingerprint density at radius 1 is 1.00 bits per heavy atom. The van der Waals surface area contributed by atoms with Crippen LogP contribution in [0.4, 0.5) is 24.7 Å². The van der Waals surface area contributed by atoms with Gasteiger partial charge in [0, 0.05) is 41.0 Å². The summed E-state index contributed by atoms with van der Waals surface area (Å²) in [6.45, 7) is 1.86. The van der Waals surface area contributed by atoms with E-state index in [1.165, 1.54) is 30.3 Å². The molecule has 0 aliphatic rings. The van der Waals surface area contributed by atoms with E-state index in [0.717, 1.165) is 12.1 Å². The number of hydrogen-bond acceptors (Lipinski definition) is 7. The third-order valence-electron chi connectivity index (χ3n) is 5.57. The molecule has 0 saturated carbocycles. The van der Waals surface area contributed by atoms with E-state index in [1.807, 2.05) is 12.1 Å². The minimum atomic E-state index is -0.735. The minimum Gasteiger partial charge on any atom is -0.494 e. The number of nitrogens with zero attached hydrogens (tertiary/aromatic N) is 5. The molecular formula is C26H21F3N6O2. The highest BCUT2D eigenvalue weighted by Gasteiger charge is 2.20. The summed E-state index contributed by atoms with van der Waals surface area (Å²) in [6.07, 6.45) is 2.78. The smallest absolute Gasteiger partial charge is 0.214 e. The first-order valence-corrected chi connectivity index (χ1v) is 11.3. The van der Waals surface area contributed by atoms with E-state index < -0.39 is 17.6 Å². The summed E-state index contributed by atoms with van der Waals surface area (Å²) in [5.74, 6) is -1.17. The molecule has 1 N–H and O–H groups in total. The number of benzene rings is 2. The fourth-order valence-electron chi connectivity index (χ4n) is 3.88. The van der Waals surface area contributed by atoms with Gasteiger partial charge in [0.1, 0.15) is 23.1 Å². The van der Waals surface area contributed by atoms with E-state index in [4.69, 9.17) is 9.47 Å². The van der Waals surface area contributed by atoms with Crippen LogP contribution in [0.25, 0.3) is 22.4 Å². The minimum absolute atomic E-state index is 0.119. The highest BCUT2D eigenvalue weighted by Crippen LogP contribution is 2.31. The fourth-order valence-corrected chi connectivity index (χ4v) is 3.88. The van der Waals surface area contributed by atoms with Gasteiger partial charge in [-0.05, 0) is 19.1 Å². The number of rotatable bonds is 8. The molecule has 0 spiro atoms. The number of anilines is 2. The third kappa shape index (κ3) is 4.88. The Kier molecular flexibility index (Phi) is 6.59. The lowest BCUT2D eigenvalue weighted by molar-refractivity contribution is 0.335. The standard InChI is InChI=1S/C26H21F3N6O2/c1-3-37-16-11-19(27)18(20(28)12-16)14-35-21-7-5-4-6-17(21)24(34-35)26-31-13-22(36-2)25(33-26)32-15-8-9-30-23(29)10-15/h4-13H,3,14H2,1-2H3,(H,30,31,32,33). The summed E-state index contributed by atoms with van der Waals surface area (Å²) >= 11 is 0. The van der Waals surface area contributed by atoms with Crippen molar-refractivity contribution in [3.63, 3.8) is 0 Å². The molecule has 188 valence electrons. The second-order valence-electron chi connectivity index (χ2n) is 7.92. The predicted octanol–water partition coefficient (Wildman–Crippen LogP) is 5.50. The number of methoxy groups -OCH3 is 1. The van der Waals surface area contributed by atoms with Crippen molar-refractivity contribution in [2.24, 2.45) is 0 Å². The Labute approximate surface area is 209 Å². The van der Waals surface area contributed by atoms with Gasteiger partial charge < -0.3 is 14.8 Å². The Morgan fingerprint density at radius 2 is 1.78 bits per heavy atom. The van der Waals surface area contributed by atoms with Crippen molar-refractivity contribution >= 4 is 22.4 Å². The Hall–Kier alpha value is -4.67. The van der Waals surface area contributed by atoms with Gasteiger partial charge in [-0.1, -0.05) is 18.2 Å². The molecule has 0 amide bonds. The molecule has 5 rings (SSSR count). The molecular weight excluding hydrogens is 485 g/mol. The van der Waals surface area contributed by atoms with Crippen LogP contribution in [0.1, 0.15) is 12.5 Å². The molecule has 2 aromatic carbocycles. The highest BCUT2D eigenvalue weighted by molar-refractivity contribution is 5.92. The van der Waals surface area contributed by atoms with E-state index in [2.05, 4.69) is 25.4 Å². The average Bonchev–Trinajstić information content (AvgIpc) is 3.25. The van der Waals surface area contributed by atoms with Crippen molar-refractivity contribution in [2.75, 3.05) is 19.0 Å². The largest absolute Gasteiger partial charge is 0.494 e. The number of pyridine rings is 1. The SMILES string of the molecule is CCOc1cc(F)c(Cn2nc(-c3ncc(OC)c(Nc4ccnc(F)c4)n3)c3ccccc32)c(F)c1. The molecule has 3 heterocycles. The first-order valence-electron chi connectivity index (χ1n) is 11.3. The van der Waals surface area contributed by atoms with Crippen LogP contribution < -0.4 is 14.8 Å². The van der Waals surface area contributed by atoms with Crippen molar-refractivity contribution in [2.45, 2.75) is 13.5 Å². The van der Waals surface area contributed by atoms with Gasteiger partial charge >= 0.3 is 0 Å². The van der Waals surface area contributed by atoms with Gasteiger partial charge in [0.05, 0.1) is 32.0 Å². The summed E-state index contributed by atoms with van der Waals surface area (Å²) in [4.78, 5) is 12.5. The molecule has 0 atom stereocenters. The maximum Gasteiger partial charge on any atom is 0.214 e. The molecule has 0 aliphatic carbocycles. The maximum absolute atomic E-state index is 14.8. The van der Waals surface area contributed by atoms with E-state index >= 15 is 0 Å². The van der Waals surface area contributed by atoms with Crippen LogP contribution in [0.3, 0.4) is 0 Å². The van der Waals surface area contributed by atoms with E-state index in [0.29, 0.717) is 34.6 Å². The molecule has 5 aromatic rings. The van der Waals surface area contributed by atoms with E-state index in [9.17, 15) is 13.2 Å². The average molecular weight is 506 g/mol. The molecule has 11 heteroatoms. The highest BCUT2D eigenvalue weighted by atomic mass is 19.1. The van der Waals surface area contributed by atoms with Crippen LogP contribution in [0.15, 0.2) is 60.9 Å². The molecule has 8 nitrogen and oxygen atoms in total. The number of nitrogens with one attached hydrogen (secondary N) is 1. The fraction of sp³-hybridized carbons (Fsp3) is 0.154. The van der Waals surface area contributed by atoms with Gasteiger partial charge in [0.25, 0.3) is 0 Å². The molecule has 3 aromatic heterocycles. The van der Waals surface area contributed by atoms with Crippen LogP contribution in [-0.2, 0) is 6.54 Å². The Bertz CT molecular complexity index is 1570. The van der Waals surface area contributed by atoms with Gasteiger partial charge in [-0.3, -0.25) is 4.68 Å². The van der Waals surface area contributed by atoms with Crippen LogP contribution in [-0.4, -0.2) is 38.4 Å². The normalized spacial score (nSPS) is 11.1. The number of para-hydroxylation sites is 1. The zero-order chi connectivity index (χ0) is 25.9. The molecule has 0 bridgehead atoms. The Morgan fingerprint density at radius 3 is 2.51 bits per heavy atom. The van der Waals surface area contributed by atoms with E-state index in [-0.39, 0.29) is 29.5 Å². The number of fused-ring (bicyclic) bond motifs is 1. The summed E-state index contributed by atoms with van der Waals surface area (Å²) in [5, 5.41) is 8.28. The first-order chi connectivity index (χ1) is 18.0. The van der Waals surface area contributed by atoms with Crippen molar-refractivity contribution in [3.05, 3.63) is 84.1 Å². The van der Waals surface area contributed by atoms with Crippen molar-refractivity contribution in [1.82, 2.24) is 24.7 Å². The summed E-state index contributed by atoms with van der Waals surface area (Å²) in [6, 6.07) is 12.3. The molecule has 37 heavy (non-hydrogen) atoms. The maximum atomic E-state index is 14.8. The lowest BCUT2D eigenvalue weighted by atomic mass is 10.1. The zero-order valence-electron chi connectivity index (χ0n) is 19.9. The molecule has 0 unspecified atom stereocenters. The van der Waals surface area contributed by atoms with Gasteiger partial charge in [0.15, 0.2) is 17.4 Å². The summed E-state index contributed by atoms with van der Waals surface area (Å²) in [5.41, 5.74) is 1.29. The van der Waals surface area contributed by atoms with E-state index in [1.54, 1.807) is 25.1 Å². The predicted molar refractivity (Wildman–Crippen MR) is 131 cm³/mol. The van der Waals surface area contributed by atoms with Crippen LogP contribution in [0.2, 0.25) is 0 Å². The second kappa shape index (κ2) is 10.1. The zero-order valence-corrected chi connectivity index (χ0v) is 19.9. The number of halogens is 3.